The van der Waals surface area contributed by atoms with E-state index in [1.165, 1.54) is 6.92 Å². The SMILES string of the molecule is CC(=O)Nc1ccc(/C=C/C(=O)N2C(C)COCC2C)cc1. The van der Waals surface area contributed by atoms with Crippen LogP contribution in [0, 0.1) is 0 Å². The molecule has 0 aromatic heterocycles. The molecule has 1 N–H and O–H groups in total. The Morgan fingerprint density at radius 2 is 1.77 bits per heavy atom. The fourth-order valence-corrected chi connectivity index (χ4v) is 2.57. The summed E-state index contributed by atoms with van der Waals surface area (Å²) in [6, 6.07) is 7.52. The molecule has 22 heavy (non-hydrogen) atoms. The Hall–Kier alpha value is -2.14. The fourth-order valence-electron chi connectivity index (χ4n) is 2.57. The molecule has 118 valence electrons. The zero-order chi connectivity index (χ0) is 16.1. The van der Waals surface area contributed by atoms with E-state index < -0.39 is 0 Å². The lowest BCUT2D eigenvalue weighted by Gasteiger charge is -2.38. The number of amides is 2. The third-order valence-electron chi connectivity index (χ3n) is 3.57. The van der Waals surface area contributed by atoms with Crippen LogP contribution in [0.15, 0.2) is 30.3 Å². The minimum absolute atomic E-state index is 0.00534. The molecule has 0 aliphatic carbocycles. The first-order valence-corrected chi connectivity index (χ1v) is 7.43. The maximum Gasteiger partial charge on any atom is 0.247 e. The van der Waals surface area contributed by atoms with Crippen molar-refractivity contribution < 1.29 is 14.3 Å². The highest BCUT2D eigenvalue weighted by molar-refractivity contribution is 5.92. The van der Waals surface area contributed by atoms with Crippen LogP contribution >= 0.6 is 0 Å². The predicted molar refractivity (Wildman–Crippen MR) is 86.4 cm³/mol. The molecular weight excluding hydrogens is 280 g/mol. The summed E-state index contributed by atoms with van der Waals surface area (Å²) in [5, 5.41) is 2.71. The molecule has 2 rings (SSSR count). The number of nitrogens with one attached hydrogen (secondary N) is 1. The molecule has 1 aromatic carbocycles. The molecule has 5 nitrogen and oxygen atoms in total. The number of hydrogen-bond donors (Lipinski definition) is 1. The summed E-state index contributed by atoms with van der Waals surface area (Å²) in [5.41, 5.74) is 1.66. The molecule has 1 aromatic rings. The van der Waals surface area contributed by atoms with Crippen LogP contribution < -0.4 is 5.32 Å². The zero-order valence-electron chi connectivity index (χ0n) is 13.2. The Balaban J connectivity index is 2.01. The van der Waals surface area contributed by atoms with Crippen LogP contribution in [0.4, 0.5) is 5.69 Å². The Morgan fingerprint density at radius 3 is 2.32 bits per heavy atom. The van der Waals surface area contributed by atoms with Gasteiger partial charge in [0.15, 0.2) is 0 Å². The summed E-state index contributed by atoms with van der Waals surface area (Å²) in [5.74, 6) is -0.108. The standard InChI is InChI=1S/C17H22N2O3/c1-12-10-22-11-13(2)19(12)17(21)9-6-15-4-7-16(8-5-15)18-14(3)20/h4-9,12-13H,10-11H2,1-3H3,(H,18,20)/b9-6+. The van der Waals surface area contributed by atoms with Crippen LogP contribution in [0.2, 0.25) is 0 Å². The maximum absolute atomic E-state index is 12.3. The van der Waals surface area contributed by atoms with Gasteiger partial charge < -0.3 is 15.0 Å². The van der Waals surface area contributed by atoms with Crippen molar-refractivity contribution in [2.75, 3.05) is 18.5 Å². The van der Waals surface area contributed by atoms with Gasteiger partial charge in [0.25, 0.3) is 0 Å². The largest absolute Gasteiger partial charge is 0.377 e. The lowest BCUT2D eigenvalue weighted by atomic mass is 10.1. The van der Waals surface area contributed by atoms with Crippen molar-refractivity contribution in [3.8, 4) is 0 Å². The van der Waals surface area contributed by atoms with Gasteiger partial charge in [-0.2, -0.15) is 0 Å². The lowest BCUT2D eigenvalue weighted by molar-refractivity contribution is -0.138. The van der Waals surface area contributed by atoms with Crippen molar-refractivity contribution >= 4 is 23.6 Å². The van der Waals surface area contributed by atoms with E-state index in [4.69, 9.17) is 4.74 Å². The van der Waals surface area contributed by atoms with Crippen molar-refractivity contribution in [2.24, 2.45) is 0 Å². The summed E-state index contributed by atoms with van der Waals surface area (Å²) in [7, 11) is 0. The van der Waals surface area contributed by atoms with Crippen LogP contribution in [0.3, 0.4) is 0 Å². The first-order valence-electron chi connectivity index (χ1n) is 7.43. The molecule has 0 radical (unpaired) electrons. The molecule has 2 atom stereocenters. The van der Waals surface area contributed by atoms with Gasteiger partial charge in [-0.25, -0.2) is 0 Å². The number of anilines is 1. The second-order valence-corrected chi connectivity index (χ2v) is 5.62. The van der Waals surface area contributed by atoms with E-state index >= 15 is 0 Å². The molecule has 1 fully saturated rings. The minimum atomic E-state index is -0.103. The van der Waals surface area contributed by atoms with E-state index in [0.29, 0.717) is 13.2 Å². The number of hydrogen-bond acceptors (Lipinski definition) is 3. The fraction of sp³-hybridized carbons (Fsp3) is 0.412. The number of carbonyl (C=O) groups excluding carboxylic acids is 2. The summed E-state index contributed by atoms with van der Waals surface area (Å²) in [6.45, 7) is 6.61. The predicted octanol–water partition coefficient (Wildman–Crippen LogP) is 2.29. The molecule has 1 heterocycles. The monoisotopic (exact) mass is 302 g/mol. The molecule has 0 bridgehead atoms. The number of morpholine rings is 1. The van der Waals surface area contributed by atoms with Crippen molar-refractivity contribution in [2.45, 2.75) is 32.9 Å². The molecule has 1 saturated heterocycles. The van der Waals surface area contributed by atoms with Gasteiger partial charge in [-0.3, -0.25) is 9.59 Å². The van der Waals surface area contributed by atoms with Crippen LogP contribution in [-0.4, -0.2) is 42.0 Å². The second kappa shape index (κ2) is 7.22. The summed E-state index contributed by atoms with van der Waals surface area (Å²) < 4.78 is 5.43. The third kappa shape index (κ3) is 4.18. The molecule has 1 aliphatic rings. The number of rotatable bonds is 3. The van der Waals surface area contributed by atoms with E-state index in [9.17, 15) is 9.59 Å². The van der Waals surface area contributed by atoms with Crippen molar-refractivity contribution in [1.82, 2.24) is 4.90 Å². The van der Waals surface area contributed by atoms with E-state index in [1.54, 1.807) is 12.2 Å². The van der Waals surface area contributed by atoms with Crippen LogP contribution in [-0.2, 0) is 14.3 Å². The smallest absolute Gasteiger partial charge is 0.247 e. The minimum Gasteiger partial charge on any atom is -0.377 e. The normalized spacial score (nSPS) is 21.9. The highest BCUT2D eigenvalue weighted by Crippen LogP contribution is 2.15. The summed E-state index contributed by atoms with van der Waals surface area (Å²) >= 11 is 0. The molecule has 2 amide bonds. The Kier molecular flexibility index (Phi) is 5.33. The summed E-state index contributed by atoms with van der Waals surface area (Å²) in [6.07, 6.45) is 3.38. The molecule has 1 aliphatic heterocycles. The Morgan fingerprint density at radius 1 is 1.18 bits per heavy atom. The number of benzene rings is 1. The molecular formula is C17H22N2O3. The van der Waals surface area contributed by atoms with Gasteiger partial charge in [-0.1, -0.05) is 12.1 Å². The maximum atomic E-state index is 12.3. The van der Waals surface area contributed by atoms with Crippen molar-refractivity contribution in [3.63, 3.8) is 0 Å². The highest BCUT2D eigenvalue weighted by atomic mass is 16.5. The Bertz CT molecular complexity index is 556. The summed E-state index contributed by atoms with van der Waals surface area (Å²) in [4.78, 5) is 25.1. The first-order chi connectivity index (χ1) is 10.5. The van der Waals surface area contributed by atoms with Gasteiger partial charge in [0, 0.05) is 18.7 Å². The quantitative estimate of drug-likeness (QED) is 0.872. The van der Waals surface area contributed by atoms with Gasteiger partial charge in [0.2, 0.25) is 11.8 Å². The third-order valence-corrected chi connectivity index (χ3v) is 3.57. The van der Waals surface area contributed by atoms with Crippen molar-refractivity contribution in [3.05, 3.63) is 35.9 Å². The first kappa shape index (κ1) is 16.2. The molecule has 0 spiro atoms. The van der Waals surface area contributed by atoms with E-state index in [1.807, 2.05) is 43.0 Å². The van der Waals surface area contributed by atoms with Gasteiger partial charge in [-0.15, -0.1) is 0 Å². The van der Waals surface area contributed by atoms with Crippen LogP contribution in [0.5, 0.6) is 0 Å². The lowest BCUT2D eigenvalue weighted by Crippen LogP contribution is -2.51. The zero-order valence-corrected chi connectivity index (χ0v) is 13.2. The molecule has 0 saturated carbocycles. The van der Waals surface area contributed by atoms with E-state index in [0.717, 1.165) is 11.3 Å². The average molecular weight is 302 g/mol. The average Bonchev–Trinajstić information content (AvgIpc) is 2.46. The van der Waals surface area contributed by atoms with Crippen molar-refractivity contribution in [1.29, 1.82) is 0 Å². The number of carbonyl (C=O) groups is 2. The van der Waals surface area contributed by atoms with Gasteiger partial charge in [-0.05, 0) is 37.6 Å². The van der Waals surface area contributed by atoms with Crippen LogP contribution in [0.25, 0.3) is 6.08 Å². The van der Waals surface area contributed by atoms with Gasteiger partial charge in [0.1, 0.15) is 0 Å². The van der Waals surface area contributed by atoms with Crippen LogP contribution in [0.1, 0.15) is 26.3 Å². The topological polar surface area (TPSA) is 58.6 Å². The second-order valence-electron chi connectivity index (χ2n) is 5.62. The Labute approximate surface area is 130 Å². The molecule has 5 heteroatoms. The van der Waals surface area contributed by atoms with E-state index in [-0.39, 0.29) is 23.9 Å². The number of nitrogens with zero attached hydrogens (tertiary/aromatic N) is 1. The van der Waals surface area contributed by atoms with Gasteiger partial charge in [0.05, 0.1) is 25.3 Å². The van der Waals surface area contributed by atoms with Gasteiger partial charge >= 0.3 is 0 Å². The van der Waals surface area contributed by atoms with E-state index in [2.05, 4.69) is 5.32 Å². The highest BCUT2D eigenvalue weighted by Gasteiger charge is 2.28. The molecule has 2 unspecified atom stereocenters. The number of ether oxygens (including phenoxy) is 1.